The average Bonchev–Trinajstić information content (AvgIpc) is 2.87. The van der Waals surface area contributed by atoms with Crippen LogP contribution < -0.4 is 5.73 Å². The summed E-state index contributed by atoms with van der Waals surface area (Å²) in [6, 6.07) is -0.229. The van der Waals surface area contributed by atoms with Crippen molar-refractivity contribution in [3.63, 3.8) is 0 Å². The zero-order valence-electron chi connectivity index (χ0n) is 9.21. The first kappa shape index (κ1) is 10.7. The fraction of sp³-hybridized carbons (Fsp3) is 0.556. The van der Waals surface area contributed by atoms with Crippen LogP contribution >= 0.6 is 0 Å². The van der Waals surface area contributed by atoms with E-state index in [0.29, 0.717) is 23.3 Å². The molecule has 1 atom stereocenters. The lowest BCUT2D eigenvalue weighted by Crippen LogP contribution is -2.13. The first-order valence-corrected chi connectivity index (χ1v) is 5.12. The normalized spacial score (nSPS) is 13.2. The fourth-order valence-corrected chi connectivity index (χ4v) is 1.41. The second-order valence-electron chi connectivity index (χ2n) is 4.05. The van der Waals surface area contributed by atoms with Gasteiger partial charge in [-0.25, -0.2) is 0 Å². The monoisotopic (exact) mass is 222 g/mol. The van der Waals surface area contributed by atoms with Crippen molar-refractivity contribution in [2.24, 2.45) is 11.7 Å². The molecule has 7 nitrogen and oxygen atoms in total. The molecule has 0 bridgehead atoms. The van der Waals surface area contributed by atoms with Crippen LogP contribution in [0.1, 0.15) is 32.2 Å². The lowest BCUT2D eigenvalue weighted by atomic mass is 10.0. The summed E-state index contributed by atoms with van der Waals surface area (Å²) in [4.78, 5) is 4.18. The first-order valence-electron chi connectivity index (χ1n) is 5.12. The van der Waals surface area contributed by atoms with Gasteiger partial charge in [0.2, 0.25) is 11.7 Å². The molecule has 0 aliphatic heterocycles. The summed E-state index contributed by atoms with van der Waals surface area (Å²) in [7, 11) is 0. The predicted molar refractivity (Wildman–Crippen MR) is 56.1 cm³/mol. The highest BCUT2D eigenvalue weighted by Crippen LogP contribution is 2.19. The van der Waals surface area contributed by atoms with Crippen LogP contribution in [0.25, 0.3) is 11.5 Å². The van der Waals surface area contributed by atoms with Crippen molar-refractivity contribution < 1.29 is 4.52 Å². The molecule has 0 unspecified atom stereocenters. The van der Waals surface area contributed by atoms with Crippen molar-refractivity contribution >= 4 is 0 Å². The molecule has 0 spiro atoms. The summed E-state index contributed by atoms with van der Waals surface area (Å²) in [5.41, 5.74) is 6.47. The third-order valence-corrected chi connectivity index (χ3v) is 2.13. The van der Waals surface area contributed by atoms with Gasteiger partial charge in [-0.15, -0.1) is 0 Å². The van der Waals surface area contributed by atoms with E-state index >= 15 is 0 Å². The van der Waals surface area contributed by atoms with Gasteiger partial charge in [0, 0.05) is 0 Å². The van der Waals surface area contributed by atoms with E-state index in [4.69, 9.17) is 10.3 Å². The molecule has 0 aliphatic rings. The zero-order chi connectivity index (χ0) is 11.5. The van der Waals surface area contributed by atoms with Gasteiger partial charge in [0.1, 0.15) is 0 Å². The van der Waals surface area contributed by atoms with Gasteiger partial charge in [0.25, 0.3) is 0 Å². The highest BCUT2D eigenvalue weighted by Gasteiger charge is 2.17. The number of H-pyrrole nitrogens is 1. The number of nitrogens with zero attached hydrogens (tertiary/aromatic N) is 4. The van der Waals surface area contributed by atoms with Gasteiger partial charge < -0.3 is 10.3 Å². The Morgan fingerprint density at radius 2 is 2.31 bits per heavy atom. The summed E-state index contributed by atoms with van der Waals surface area (Å²) in [6.45, 7) is 4.18. The Hall–Kier alpha value is -1.76. The topological polar surface area (TPSA) is 107 Å². The largest absolute Gasteiger partial charge is 0.337 e. The van der Waals surface area contributed by atoms with Crippen molar-refractivity contribution in [2.75, 3.05) is 0 Å². The molecule has 86 valence electrons. The van der Waals surface area contributed by atoms with Gasteiger partial charge in [-0.3, -0.25) is 0 Å². The molecule has 0 fully saturated rings. The number of rotatable bonds is 4. The third kappa shape index (κ3) is 2.25. The summed E-state index contributed by atoms with van der Waals surface area (Å²) < 4.78 is 5.08. The molecule has 0 aliphatic carbocycles. The van der Waals surface area contributed by atoms with Crippen molar-refractivity contribution in [1.29, 1.82) is 0 Å². The minimum atomic E-state index is -0.229. The Morgan fingerprint density at radius 1 is 1.50 bits per heavy atom. The molecule has 0 radical (unpaired) electrons. The lowest BCUT2D eigenvalue weighted by molar-refractivity contribution is 0.335. The van der Waals surface area contributed by atoms with Crippen molar-refractivity contribution in [3.8, 4) is 11.5 Å². The van der Waals surface area contributed by atoms with E-state index in [1.54, 1.807) is 0 Å². The molecule has 0 saturated carbocycles. The van der Waals surface area contributed by atoms with Crippen molar-refractivity contribution in [1.82, 2.24) is 25.6 Å². The maximum Gasteiger partial charge on any atom is 0.243 e. The lowest BCUT2D eigenvalue weighted by Gasteiger charge is -2.08. The number of hydrogen-bond acceptors (Lipinski definition) is 6. The van der Waals surface area contributed by atoms with Crippen LogP contribution in [0, 0.1) is 5.92 Å². The van der Waals surface area contributed by atoms with Gasteiger partial charge in [-0.1, -0.05) is 19.0 Å². The van der Waals surface area contributed by atoms with Crippen molar-refractivity contribution in [3.05, 3.63) is 12.1 Å². The molecule has 0 saturated heterocycles. The second-order valence-corrected chi connectivity index (χ2v) is 4.05. The number of aromatic nitrogens is 5. The maximum absolute atomic E-state index is 5.92. The Kier molecular flexibility index (Phi) is 2.95. The van der Waals surface area contributed by atoms with Crippen LogP contribution in [-0.4, -0.2) is 25.6 Å². The third-order valence-electron chi connectivity index (χ3n) is 2.13. The second kappa shape index (κ2) is 4.40. The molecule has 2 rings (SSSR count). The Morgan fingerprint density at radius 3 is 2.94 bits per heavy atom. The number of aromatic amines is 1. The van der Waals surface area contributed by atoms with Crippen LogP contribution in [0.15, 0.2) is 10.7 Å². The van der Waals surface area contributed by atoms with E-state index in [-0.39, 0.29) is 6.04 Å². The smallest absolute Gasteiger partial charge is 0.243 e. The molecular weight excluding hydrogens is 208 g/mol. The van der Waals surface area contributed by atoms with E-state index in [2.05, 4.69) is 39.4 Å². The standard InChI is InChI=1S/C9H14N6O/c1-5(2)3-6(10)9-12-8(14-16-9)7-4-11-15-13-7/h4-6H,3,10H2,1-2H3,(H,11,13,15)/t6-/m0/s1. The van der Waals surface area contributed by atoms with Crippen LogP contribution in [0.3, 0.4) is 0 Å². The number of nitrogens with two attached hydrogens (primary N) is 1. The van der Waals surface area contributed by atoms with Gasteiger partial charge in [0.15, 0.2) is 5.69 Å². The van der Waals surface area contributed by atoms with E-state index in [1.807, 2.05) is 0 Å². The molecule has 0 amide bonds. The quantitative estimate of drug-likeness (QED) is 0.795. The highest BCUT2D eigenvalue weighted by molar-refractivity contribution is 5.44. The van der Waals surface area contributed by atoms with E-state index in [9.17, 15) is 0 Å². The molecule has 2 heterocycles. The van der Waals surface area contributed by atoms with Gasteiger partial charge in [0.05, 0.1) is 12.2 Å². The minimum absolute atomic E-state index is 0.229. The van der Waals surface area contributed by atoms with Crippen LogP contribution in [0.4, 0.5) is 0 Å². The first-order chi connectivity index (χ1) is 7.66. The van der Waals surface area contributed by atoms with Crippen LogP contribution in [0.5, 0.6) is 0 Å². The highest BCUT2D eigenvalue weighted by atomic mass is 16.5. The zero-order valence-corrected chi connectivity index (χ0v) is 9.21. The van der Waals surface area contributed by atoms with Crippen LogP contribution in [0.2, 0.25) is 0 Å². The van der Waals surface area contributed by atoms with Gasteiger partial charge in [-0.2, -0.15) is 20.4 Å². The molecular formula is C9H14N6O. The summed E-state index contributed by atoms with van der Waals surface area (Å²) >= 11 is 0. The SMILES string of the molecule is CC(C)C[C@H](N)c1nc(-c2cn[nH]n2)no1. The van der Waals surface area contributed by atoms with E-state index in [0.717, 1.165) is 6.42 Å². The molecule has 2 aromatic heterocycles. The Balaban J connectivity index is 2.13. The molecule has 2 aromatic rings. The maximum atomic E-state index is 5.92. The number of nitrogens with one attached hydrogen (secondary N) is 1. The van der Waals surface area contributed by atoms with E-state index in [1.165, 1.54) is 6.20 Å². The summed E-state index contributed by atoms with van der Waals surface area (Å²) in [6.07, 6.45) is 2.34. The molecule has 3 N–H and O–H groups in total. The van der Waals surface area contributed by atoms with Gasteiger partial charge in [-0.05, 0) is 12.3 Å². The Bertz CT molecular complexity index is 435. The van der Waals surface area contributed by atoms with Crippen molar-refractivity contribution in [2.45, 2.75) is 26.3 Å². The van der Waals surface area contributed by atoms with Crippen LogP contribution in [-0.2, 0) is 0 Å². The molecule has 0 aromatic carbocycles. The average molecular weight is 222 g/mol. The predicted octanol–water partition coefficient (Wildman–Crippen LogP) is 0.901. The van der Waals surface area contributed by atoms with E-state index < -0.39 is 0 Å². The fourth-order valence-electron chi connectivity index (χ4n) is 1.41. The summed E-state index contributed by atoms with van der Waals surface area (Å²) in [5.74, 6) is 1.33. The summed E-state index contributed by atoms with van der Waals surface area (Å²) in [5, 5.41) is 13.8. The Labute approximate surface area is 92.4 Å². The molecule has 7 heteroatoms. The molecule has 16 heavy (non-hydrogen) atoms. The van der Waals surface area contributed by atoms with Gasteiger partial charge >= 0.3 is 0 Å². The number of hydrogen-bond donors (Lipinski definition) is 2. The minimum Gasteiger partial charge on any atom is -0.337 e.